The molecule has 2 aromatic rings. The van der Waals surface area contributed by atoms with Crippen molar-refractivity contribution in [2.24, 2.45) is 10.3 Å². The van der Waals surface area contributed by atoms with E-state index in [2.05, 4.69) is 37.0 Å². The topological polar surface area (TPSA) is 100.0 Å². The highest BCUT2D eigenvalue weighted by molar-refractivity contribution is 9.10. The van der Waals surface area contributed by atoms with Crippen LogP contribution in [0.4, 0.5) is 5.69 Å². The molecule has 0 saturated heterocycles. The van der Waals surface area contributed by atoms with E-state index in [1.54, 1.807) is 55.5 Å². The van der Waals surface area contributed by atoms with E-state index in [1.807, 2.05) is 0 Å². The van der Waals surface area contributed by atoms with Crippen LogP contribution >= 0.6 is 15.9 Å². The molecule has 0 aliphatic heterocycles. The van der Waals surface area contributed by atoms with Crippen molar-refractivity contribution in [3.63, 3.8) is 0 Å². The number of carbonyl (C=O) groups excluding carboxylic acids is 2. The molecule has 2 rings (SSSR count). The van der Waals surface area contributed by atoms with Crippen molar-refractivity contribution in [1.82, 2.24) is 10.7 Å². The summed E-state index contributed by atoms with van der Waals surface area (Å²) in [4.78, 5) is 34.3. The molecular formula is C17H15BrN4O3. The van der Waals surface area contributed by atoms with E-state index in [9.17, 15) is 14.5 Å². The number of nitrogens with zero attached hydrogens (tertiary/aromatic N) is 2. The monoisotopic (exact) mass is 402 g/mol. The van der Waals surface area contributed by atoms with Gasteiger partial charge < -0.3 is 5.32 Å². The number of halogens is 1. The van der Waals surface area contributed by atoms with Gasteiger partial charge in [0.05, 0.1) is 17.8 Å². The SMILES string of the molecule is CC(=NNC(=O)CNC(=O)c1ccccc1Br)c1cccc(N=O)c1. The molecule has 0 radical (unpaired) electrons. The zero-order valence-electron chi connectivity index (χ0n) is 13.3. The molecule has 2 aromatic carbocycles. The number of carbonyl (C=O) groups is 2. The Morgan fingerprint density at radius 2 is 1.88 bits per heavy atom. The first-order valence-electron chi connectivity index (χ1n) is 7.31. The smallest absolute Gasteiger partial charge is 0.259 e. The molecule has 0 atom stereocenters. The highest BCUT2D eigenvalue weighted by Gasteiger charge is 2.10. The molecule has 0 bridgehead atoms. The van der Waals surface area contributed by atoms with Crippen LogP contribution in [0.2, 0.25) is 0 Å². The van der Waals surface area contributed by atoms with Gasteiger partial charge in [-0.15, -0.1) is 4.91 Å². The fourth-order valence-corrected chi connectivity index (χ4v) is 2.40. The first kappa shape index (κ1) is 18.5. The summed E-state index contributed by atoms with van der Waals surface area (Å²) in [6, 6.07) is 13.5. The predicted octanol–water partition coefficient (Wildman–Crippen LogP) is 3.12. The summed E-state index contributed by atoms with van der Waals surface area (Å²) in [5.41, 5.74) is 4.24. The van der Waals surface area contributed by atoms with Crippen LogP contribution in [0.3, 0.4) is 0 Å². The van der Waals surface area contributed by atoms with Gasteiger partial charge in [-0.1, -0.05) is 24.3 Å². The van der Waals surface area contributed by atoms with Gasteiger partial charge in [0.25, 0.3) is 11.8 Å². The summed E-state index contributed by atoms with van der Waals surface area (Å²) in [5, 5.41) is 9.32. The summed E-state index contributed by atoms with van der Waals surface area (Å²) in [7, 11) is 0. The summed E-state index contributed by atoms with van der Waals surface area (Å²) in [5.74, 6) is -0.836. The van der Waals surface area contributed by atoms with Gasteiger partial charge in [-0.25, -0.2) is 5.43 Å². The minimum absolute atomic E-state index is 0.215. The molecule has 25 heavy (non-hydrogen) atoms. The minimum Gasteiger partial charge on any atom is -0.343 e. The Morgan fingerprint density at radius 3 is 2.60 bits per heavy atom. The van der Waals surface area contributed by atoms with Crippen molar-refractivity contribution in [2.45, 2.75) is 6.92 Å². The lowest BCUT2D eigenvalue weighted by Crippen LogP contribution is -2.35. The Labute approximate surface area is 152 Å². The molecular weight excluding hydrogens is 388 g/mol. The third-order valence-electron chi connectivity index (χ3n) is 3.25. The zero-order valence-corrected chi connectivity index (χ0v) is 14.9. The van der Waals surface area contributed by atoms with Crippen LogP contribution in [0.1, 0.15) is 22.8 Å². The van der Waals surface area contributed by atoms with Crippen molar-refractivity contribution in [2.75, 3.05) is 6.54 Å². The Hall–Kier alpha value is -2.87. The van der Waals surface area contributed by atoms with E-state index < -0.39 is 5.91 Å². The second kappa shape index (κ2) is 8.84. The van der Waals surface area contributed by atoms with Crippen LogP contribution in [0.25, 0.3) is 0 Å². The largest absolute Gasteiger partial charge is 0.343 e. The maximum absolute atomic E-state index is 12.0. The number of nitroso groups, excluding NO2 is 1. The normalized spacial score (nSPS) is 10.9. The fourth-order valence-electron chi connectivity index (χ4n) is 1.94. The summed E-state index contributed by atoms with van der Waals surface area (Å²) >= 11 is 3.28. The molecule has 0 unspecified atom stereocenters. The van der Waals surface area contributed by atoms with Crippen molar-refractivity contribution in [3.05, 3.63) is 69.0 Å². The fraction of sp³-hybridized carbons (Fsp3) is 0.118. The van der Waals surface area contributed by atoms with Crippen molar-refractivity contribution >= 4 is 39.1 Å². The number of nitrogens with one attached hydrogen (secondary N) is 2. The lowest BCUT2D eigenvalue weighted by molar-refractivity contribution is -0.120. The van der Waals surface area contributed by atoms with E-state index in [-0.39, 0.29) is 18.1 Å². The molecule has 0 spiro atoms. The van der Waals surface area contributed by atoms with Gasteiger partial charge in [0.2, 0.25) is 0 Å². The van der Waals surface area contributed by atoms with Crippen molar-refractivity contribution < 1.29 is 9.59 Å². The second-order valence-corrected chi connectivity index (χ2v) is 5.89. The van der Waals surface area contributed by atoms with Gasteiger partial charge in [0.15, 0.2) is 0 Å². The van der Waals surface area contributed by atoms with Crippen LogP contribution in [0.15, 0.2) is 63.3 Å². The molecule has 0 aliphatic carbocycles. The van der Waals surface area contributed by atoms with Crippen molar-refractivity contribution in [3.8, 4) is 0 Å². The maximum Gasteiger partial charge on any atom is 0.259 e. The van der Waals surface area contributed by atoms with Crippen LogP contribution in [-0.2, 0) is 4.79 Å². The number of hydrogen-bond donors (Lipinski definition) is 2. The summed E-state index contributed by atoms with van der Waals surface area (Å²) < 4.78 is 0.644. The first-order chi connectivity index (χ1) is 12.0. The molecule has 7 nitrogen and oxygen atoms in total. The van der Waals surface area contributed by atoms with E-state index in [4.69, 9.17) is 0 Å². The lowest BCUT2D eigenvalue weighted by atomic mass is 10.1. The average Bonchev–Trinajstić information content (AvgIpc) is 2.64. The van der Waals surface area contributed by atoms with Gasteiger partial charge in [0, 0.05) is 4.47 Å². The number of rotatable bonds is 6. The standard InChI is InChI=1S/C17H15BrN4O3/c1-11(12-5-4-6-13(9-12)22-25)20-21-16(23)10-19-17(24)14-7-2-3-8-15(14)18/h2-9H,10H2,1H3,(H,19,24)(H,21,23). The molecule has 2 N–H and O–H groups in total. The lowest BCUT2D eigenvalue weighted by Gasteiger charge is -2.06. The van der Waals surface area contributed by atoms with E-state index in [0.717, 1.165) is 0 Å². The van der Waals surface area contributed by atoms with Gasteiger partial charge in [0.1, 0.15) is 5.69 Å². The predicted molar refractivity (Wildman–Crippen MR) is 98.7 cm³/mol. The van der Waals surface area contributed by atoms with E-state index >= 15 is 0 Å². The Balaban J connectivity index is 1.90. The molecule has 0 aliphatic rings. The van der Waals surface area contributed by atoms with E-state index in [1.165, 1.54) is 0 Å². The Bertz CT molecular complexity index is 836. The zero-order chi connectivity index (χ0) is 18.2. The van der Waals surface area contributed by atoms with Crippen molar-refractivity contribution in [1.29, 1.82) is 0 Å². The molecule has 0 aromatic heterocycles. The average molecular weight is 403 g/mol. The minimum atomic E-state index is -0.468. The van der Waals surface area contributed by atoms with Gasteiger partial charge in [-0.2, -0.15) is 5.10 Å². The molecule has 128 valence electrons. The molecule has 0 fully saturated rings. The molecule has 2 amide bonds. The van der Waals surface area contributed by atoms with Gasteiger partial charge in [-0.05, 0) is 57.9 Å². The molecule has 0 saturated carbocycles. The van der Waals surface area contributed by atoms with Crippen LogP contribution in [0.5, 0.6) is 0 Å². The van der Waals surface area contributed by atoms with Crippen LogP contribution < -0.4 is 10.7 Å². The quantitative estimate of drug-likeness (QED) is 0.440. The van der Waals surface area contributed by atoms with Gasteiger partial charge >= 0.3 is 0 Å². The first-order valence-corrected chi connectivity index (χ1v) is 8.10. The number of hydrazone groups is 1. The third kappa shape index (κ3) is 5.32. The number of amides is 2. The van der Waals surface area contributed by atoms with E-state index in [0.29, 0.717) is 21.3 Å². The molecule has 8 heteroatoms. The Kier molecular flexibility index (Phi) is 6.53. The van der Waals surface area contributed by atoms with Crippen LogP contribution in [0, 0.1) is 4.91 Å². The Morgan fingerprint density at radius 1 is 1.12 bits per heavy atom. The highest BCUT2D eigenvalue weighted by Crippen LogP contribution is 2.15. The second-order valence-electron chi connectivity index (χ2n) is 5.04. The number of benzene rings is 2. The summed E-state index contributed by atoms with van der Waals surface area (Å²) in [6.07, 6.45) is 0. The number of hydrogen-bond acceptors (Lipinski definition) is 5. The molecule has 0 heterocycles. The maximum atomic E-state index is 12.0. The third-order valence-corrected chi connectivity index (χ3v) is 3.94. The highest BCUT2D eigenvalue weighted by atomic mass is 79.9. The van der Waals surface area contributed by atoms with Gasteiger partial charge in [-0.3, -0.25) is 9.59 Å². The summed E-state index contributed by atoms with van der Waals surface area (Å²) in [6.45, 7) is 1.47. The van der Waals surface area contributed by atoms with Crippen LogP contribution in [-0.4, -0.2) is 24.1 Å².